The van der Waals surface area contributed by atoms with Crippen LogP contribution in [-0.2, 0) is 16.1 Å². The summed E-state index contributed by atoms with van der Waals surface area (Å²) in [6, 6.07) is 7.42. The molecule has 0 spiro atoms. The minimum atomic E-state index is -1.30. The number of halogens is 1. The van der Waals surface area contributed by atoms with Crippen molar-refractivity contribution in [3.05, 3.63) is 58.3 Å². The third-order valence-electron chi connectivity index (χ3n) is 8.17. The van der Waals surface area contributed by atoms with Gasteiger partial charge in [0, 0.05) is 37.9 Å². The lowest BCUT2D eigenvalue weighted by Crippen LogP contribution is -2.59. The number of amides is 2. The highest BCUT2D eigenvalue weighted by Gasteiger charge is 2.42. The fraction of sp³-hybridized carbons (Fsp3) is 0.448. The molecule has 212 valence electrons. The van der Waals surface area contributed by atoms with Gasteiger partial charge in [0.25, 0.3) is 11.5 Å². The number of rotatable bonds is 7. The van der Waals surface area contributed by atoms with Gasteiger partial charge in [-0.1, -0.05) is 19.1 Å². The van der Waals surface area contributed by atoms with Crippen LogP contribution in [0.4, 0.5) is 4.39 Å². The van der Waals surface area contributed by atoms with Crippen LogP contribution in [0.5, 0.6) is 5.75 Å². The van der Waals surface area contributed by atoms with Crippen LogP contribution in [0.25, 0.3) is 22.2 Å². The second-order valence-electron chi connectivity index (χ2n) is 10.8. The first-order valence-corrected chi connectivity index (χ1v) is 13.6. The van der Waals surface area contributed by atoms with Gasteiger partial charge in [-0.2, -0.15) is 0 Å². The summed E-state index contributed by atoms with van der Waals surface area (Å²) in [7, 11) is 0. The molecule has 1 aliphatic carbocycles. The highest BCUT2D eigenvalue weighted by Crippen LogP contribution is 2.34. The van der Waals surface area contributed by atoms with Crippen LogP contribution in [0.2, 0.25) is 0 Å². The minimum Gasteiger partial charge on any atom is -0.506 e. The molecule has 40 heavy (non-hydrogen) atoms. The SMILES string of the molecule is CC1CCC(NC(=O)c2c(O)c3cc(-c4ccc(F)cc4)cnc3n(CCN3CCOCC3)c2=O)(C(N)=O)CC1. The lowest BCUT2D eigenvalue weighted by molar-refractivity contribution is -0.125. The van der Waals surface area contributed by atoms with E-state index in [1.54, 1.807) is 24.4 Å². The summed E-state index contributed by atoms with van der Waals surface area (Å²) < 4.78 is 20.3. The van der Waals surface area contributed by atoms with Crippen LogP contribution in [0.3, 0.4) is 0 Å². The van der Waals surface area contributed by atoms with Crippen molar-refractivity contribution in [2.45, 2.75) is 44.7 Å². The molecule has 1 saturated heterocycles. The predicted octanol–water partition coefficient (Wildman–Crippen LogP) is 2.40. The summed E-state index contributed by atoms with van der Waals surface area (Å²) in [5.74, 6) is -2.06. The first-order valence-electron chi connectivity index (χ1n) is 13.6. The number of pyridine rings is 2. The number of hydrogen-bond donors (Lipinski definition) is 3. The van der Waals surface area contributed by atoms with Crippen molar-refractivity contribution in [2.24, 2.45) is 11.7 Å². The zero-order chi connectivity index (χ0) is 28.4. The Bertz CT molecular complexity index is 1470. The van der Waals surface area contributed by atoms with Gasteiger partial charge in [-0.05, 0) is 55.4 Å². The van der Waals surface area contributed by atoms with E-state index in [9.17, 15) is 23.9 Å². The van der Waals surface area contributed by atoms with Crippen LogP contribution in [0.15, 0.2) is 41.3 Å². The Morgan fingerprint density at radius 3 is 2.48 bits per heavy atom. The van der Waals surface area contributed by atoms with Gasteiger partial charge in [-0.25, -0.2) is 9.37 Å². The monoisotopic (exact) mass is 551 g/mol. The van der Waals surface area contributed by atoms with Crippen molar-refractivity contribution < 1.29 is 23.8 Å². The summed E-state index contributed by atoms with van der Waals surface area (Å²) >= 11 is 0. The molecule has 10 nitrogen and oxygen atoms in total. The van der Waals surface area contributed by atoms with Gasteiger partial charge in [0.2, 0.25) is 5.91 Å². The van der Waals surface area contributed by atoms with E-state index in [-0.39, 0.29) is 17.6 Å². The van der Waals surface area contributed by atoms with Crippen molar-refractivity contribution in [1.29, 1.82) is 0 Å². The molecule has 2 fully saturated rings. The van der Waals surface area contributed by atoms with Crippen LogP contribution < -0.4 is 16.6 Å². The Morgan fingerprint density at radius 1 is 1.15 bits per heavy atom. The fourth-order valence-corrected chi connectivity index (χ4v) is 5.56. The number of hydrogen-bond acceptors (Lipinski definition) is 7. The minimum absolute atomic E-state index is 0.193. The number of fused-ring (bicyclic) bond motifs is 1. The number of aromatic hydroxyl groups is 1. The van der Waals surface area contributed by atoms with Crippen molar-refractivity contribution in [3.63, 3.8) is 0 Å². The molecule has 11 heteroatoms. The van der Waals surface area contributed by atoms with E-state index in [0.29, 0.717) is 75.6 Å². The van der Waals surface area contributed by atoms with Crippen molar-refractivity contribution in [1.82, 2.24) is 19.8 Å². The maximum atomic E-state index is 13.8. The molecular formula is C29H34FN5O5. The number of nitrogens with two attached hydrogens (primary N) is 1. The molecular weight excluding hydrogens is 517 g/mol. The van der Waals surface area contributed by atoms with Gasteiger partial charge in [-0.3, -0.25) is 23.9 Å². The van der Waals surface area contributed by atoms with E-state index >= 15 is 0 Å². The van der Waals surface area contributed by atoms with Crippen LogP contribution in [0, 0.1) is 11.7 Å². The second-order valence-corrected chi connectivity index (χ2v) is 10.8. The standard InChI is InChI=1S/C29H34FN5O5/c1-18-6-8-29(9-7-18,28(31)39)33-26(37)23-24(36)22-16-20(19-2-4-21(30)5-3-19)17-32-25(22)35(27(23)38)11-10-34-12-14-40-15-13-34/h2-5,16-18,36H,6-15H2,1H3,(H2,31,39)(H,33,37). The van der Waals surface area contributed by atoms with Crippen molar-refractivity contribution in [2.75, 3.05) is 32.8 Å². The van der Waals surface area contributed by atoms with Gasteiger partial charge in [0.05, 0.1) is 18.6 Å². The largest absolute Gasteiger partial charge is 0.506 e. The first-order chi connectivity index (χ1) is 19.2. The maximum Gasteiger partial charge on any atom is 0.268 e. The first kappa shape index (κ1) is 27.7. The van der Waals surface area contributed by atoms with Gasteiger partial charge in [0.1, 0.15) is 28.3 Å². The van der Waals surface area contributed by atoms with E-state index in [2.05, 4.69) is 22.1 Å². The zero-order valence-electron chi connectivity index (χ0n) is 22.5. The fourth-order valence-electron chi connectivity index (χ4n) is 5.56. The van der Waals surface area contributed by atoms with Gasteiger partial charge in [0.15, 0.2) is 0 Å². The number of nitrogens with one attached hydrogen (secondary N) is 1. The number of benzene rings is 1. The second kappa shape index (κ2) is 11.3. The molecule has 0 atom stereocenters. The summed E-state index contributed by atoms with van der Waals surface area (Å²) in [5, 5.41) is 14.3. The number of primary amides is 1. The number of nitrogens with zero attached hydrogens (tertiary/aromatic N) is 3. The average Bonchev–Trinajstić information content (AvgIpc) is 2.95. The third-order valence-corrected chi connectivity index (χ3v) is 8.17. The van der Waals surface area contributed by atoms with E-state index in [0.717, 1.165) is 0 Å². The van der Waals surface area contributed by atoms with E-state index in [1.165, 1.54) is 16.7 Å². The molecule has 0 bridgehead atoms. The number of aromatic nitrogens is 2. The topological polar surface area (TPSA) is 140 Å². The van der Waals surface area contributed by atoms with Crippen LogP contribution in [-0.4, -0.2) is 69.8 Å². The highest BCUT2D eigenvalue weighted by atomic mass is 19.1. The molecule has 3 aromatic rings. The van der Waals surface area contributed by atoms with Crippen molar-refractivity contribution in [3.8, 4) is 16.9 Å². The Hall–Kier alpha value is -3.83. The summed E-state index contributed by atoms with van der Waals surface area (Å²) in [4.78, 5) is 46.6. The molecule has 1 aromatic carbocycles. The number of ether oxygens (including phenoxy) is 1. The van der Waals surface area contributed by atoms with Crippen molar-refractivity contribution >= 4 is 22.8 Å². The van der Waals surface area contributed by atoms with Gasteiger partial charge in [-0.15, -0.1) is 0 Å². The molecule has 1 saturated carbocycles. The number of carbonyl (C=O) groups excluding carboxylic acids is 2. The van der Waals surface area contributed by atoms with E-state index in [4.69, 9.17) is 10.5 Å². The Kier molecular flexibility index (Phi) is 7.86. The smallest absolute Gasteiger partial charge is 0.268 e. The molecule has 4 N–H and O–H groups in total. The number of carbonyl (C=O) groups is 2. The third kappa shape index (κ3) is 5.44. The summed E-state index contributed by atoms with van der Waals surface area (Å²) in [5.41, 5.74) is 4.71. The quantitative estimate of drug-likeness (QED) is 0.410. The molecule has 3 heterocycles. The lowest BCUT2D eigenvalue weighted by Gasteiger charge is -2.37. The maximum absolute atomic E-state index is 13.8. The van der Waals surface area contributed by atoms with Gasteiger partial charge < -0.3 is 20.9 Å². The summed E-state index contributed by atoms with van der Waals surface area (Å²) in [6.45, 7) is 5.39. The predicted molar refractivity (Wildman–Crippen MR) is 147 cm³/mol. The Labute approximate surface area is 230 Å². The normalized spacial score (nSPS) is 21.8. The van der Waals surface area contributed by atoms with Crippen LogP contribution in [0.1, 0.15) is 43.0 Å². The molecule has 5 rings (SSSR count). The lowest BCUT2D eigenvalue weighted by atomic mass is 9.76. The van der Waals surface area contributed by atoms with Crippen LogP contribution >= 0.6 is 0 Å². The zero-order valence-corrected chi connectivity index (χ0v) is 22.5. The molecule has 2 aliphatic rings. The average molecular weight is 552 g/mol. The molecule has 2 amide bonds. The van der Waals surface area contributed by atoms with E-state index in [1.807, 2.05) is 0 Å². The molecule has 1 aliphatic heterocycles. The van der Waals surface area contributed by atoms with E-state index < -0.39 is 40.0 Å². The number of morpholine rings is 1. The highest BCUT2D eigenvalue weighted by molar-refractivity contribution is 6.04. The Balaban J connectivity index is 1.59. The van der Waals surface area contributed by atoms with Gasteiger partial charge >= 0.3 is 0 Å². The molecule has 2 aromatic heterocycles. The Morgan fingerprint density at radius 2 is 1.82 bits per heavy atom. The molecule has 0 radical (unpaired) electrons. The molecule has 0 unspecified atom stereocenters. The summed E-state index contributed by atoms with van der Waals surface area (Å²) in [6.07, 6.45) is 3.64.